The van der Waals surface area contributed by atoms with Crippen LogP contribution in [0.3, 0.4) is 0 Å². The maximum absolute atomic E-state index is 12.8. The van der Waals surface area contributed by atoms with Crippen molar-refractivity contribution >= 4 is 28.3 Å². The fourth-order valence-electron chi connectivity index (χ4n) is 3.88. The zero-order valence-electron chi connectivity index (χ0n) is 14.9. The topological polar surface area (TPSA) is 83.7 Å². The normalized spacial score (nSPS) is 24.3. The Kier molecular flexibility index (Phi) is 7.46. The molecule has 2 saturated heterocycles. The van der Waals surface area contributed by atoms with E-state index in [0.717, 1.165) is 37.8 Å². The summed E-state index contributed by atoms with van der Waals surface area (Å²) in [5.41, 5.74) is 6.55. The van der Waals surface area contributed by atoms with Crippen LogP contribution in [0.2, 0.25) is 0 Å². The molecular formula is C18H28ClN3O3S. The molecule has 146 valence electrons. The summed E-state index contributed by atoms with van der Waals surface area (Å²) in [6.45, 7) is 2.02. The molecule has 8 heteroatoms. The zero-order valence-corrected chi connectivity index (χ0v) is 16.6. The Balaban J connectivity index is 0.00000243. The Hall–Kier alpha value is -1.15. The molecule has 1 amide bonds. The van der Waals surface area contributed by atoms with Gasteiger partial charge in [-0.2, -0.15) is 0 Å². The monoisotopic (exact) mass is 401 g/mol. The van der Waals surface area contributed by atoms with Gasteiger partial charge in [0.25, 0.3) is 0 Å². The van der Waals surface area contributed by atoms with Crippen LogP contribution in [0, 0.1) is 5.92 Å². The highest BCUT2D eigenvalue weighted by molar-refractivity contribution is 7.88. The van der Waals surface area contributed by atoms with Crippen LogP contribution in [-0.2, 0) is 20.6 Å². The fourth-order valence-corrected chi connectivity index (χ4v) is 5.49. The first-order valence-corrected chi connectivity index (χ1v) is 10.6. The fraction of sp³-hybridized carbons (Fsp3) is 0.611. The highest BCUT2D eigenvalue weighted by Crippen LogP contribution is 2.26. The molecule has 2 atom stereocenters. The van der Waals surface area contributed by atoms with Crippen LogP contribution in [0.25, 0.3) is 0 Å². The molecule has 2 N–H and O–H groups in total. The molecule has 0 bridgehead atoms. The summed E-state index contributed by atoms with van der Waals surface area (Å²) in [5, 5.41) is 0. The van der Waals surface area contributed by atoms with Crippen LogP contribution in [0.15, 0.2) is 30.3 Å². The van der Waals surface area contributed by atoms with Gasteiger partial charge in [0.05, 0.1) is 11.7 Å². The van der Waals surface area contributed by atoms with Gasteiger partial charge in [0, 0.05) is 32.2 Å². The third kappa shape index (κ3) is 4.76. The molecule has 26 heavy (non-hydrogen) atoms. The molecule has 0 aromatic heterocycles. The Morgan fingerprint density at radius 2 is 1.81 bits per heavy atom. The largest absolute Gasteiger partial charge is 0.338 e. The molecule has 0 saturated carbocycles. The smallest absolute Gasteiger partial charge is 0.227 e. The average Bonchev–Trinajstić information content (AvgIpc) is 3.10. The van der Waals surface area contributed by atoms with Gasteiger partial charge in [-0.3, -0.25) is 4.79 Å². The number of hydrogen-bond donors (Lipinski definition) is 1. The van der Waals surface area contributed by atoms with Crippen LogP contribution >= 0.6 is 12.4 Å². The molecule has 1 aromatic carbocycles. The minimum absolute atomic E-state index is 0. The van der Waals surface area contributed by atoms with E-state index >= 15 is 0 Å². The van der Waals surface area contributed by atoms with Crippen molar-refractivity contribution in [2.45, 2.75) is 37.5 Å². The van der Waals surface area contributed by atoms with E-state index in [0.29, 0.717) is 19.6 Å². The van der Waals surface area contributed by atoms with Gasteiger partial charge in [0.15, 0.2) is 0 Å². The SMILES string of the molecule is Cl.NCC1CCCN1C(=O)C1CCCN(S(=O)(=O)Cc2ccccc2)C1. The number of amides is 1. The first kappa shape index (κ1) is 21.2. The Bertz CT molecular complexity index is 699. The number of likely N-dealkylation sites (tertiary alicyclic amines) is 1. The van der Waals surface area contributed by atoms with E-state index in [4.69, 9.17) is 5.73 Å². The van der Waals surface area contributed by atoms with Gasteiger partial charge in [-0.1, -0.05) is 30.3 Å². The number of nitrogens with zero attached hydrogens (tertiary/aromatic N) is 2. The van der Waals surface area contributed by atoms with Gasteiger partial charge in [-0.05, 0) is 31.2 Å². The number of halogens is 1. The Labute approximate surface area is 162 Å². The number of carbonyl (C=O) groups is 1. The van der Waals surface area contributed by atoms with E-state index in [1.54, 1.807) is 0 Å². The predicted molar refractivity (Wildman–Crippen MR) is 104 cm³/mol. The molecular weight excluding hydrogens is 374 g/mol. The van der Waals surface area contributed by atoms with Crippen molar-refractivity contribution in [1.29, 1.82) is 0 Å². The predicted octanol–water partition coefficient (Wildman–Crippen LogP) is 1.60. The number of benzene rings is 1. The molecule has 2 aliphatic heterocycles. The second kappa shape index (κ2) is 9.17. The van der Waals surface area contributed by atoms with Gasteiger partial charge < -0.3 is 10.6 Å². The van der Waals surface area contributed by atoms with Crippen molar-refractivity contribution in [3.8, 4) is 0 Å². The molecule has 2 aliphatic rings. The summed E-state index contributed by atoms with van der Waals surface area (Å²) in [4.78, 5) is 14.7. The van der Waals surface area contributed by atoms with Crippen molar-refractivity contribution in [3.05, 3.63) is 35.9 Å². The standard InChI is InChI=1S/C18H27N3O3S.ClH/c19-12-17-9-5-11-21(17)18(22)16-8-4-10-20(13-16)25(23,24)14-15-6-2-1-3-7-15;/h1-3,6-7,16-17H,4-5,8-14,19H2;1H. The lowest BCUT2D eigenvalue weighted by Crippen LogP contribution is -2.49. The van der Waals surface area contributed by atoms with Crippen molar-refractivity contribution < 1.29 is 13.2 Å². The quantitative estimate of drug-likeness (QED) is 0.812. The number of piperidine rings is 1. The summed E-state index contributed by atoms with van der Waals surface area (Å²) >= 11 is 0. The summed E-state index contributed by atoms with van der Waals surface area (Å²) in [6.07, 6.45) is 3.41. The van der Waals surface area contributed by atoms with Crippen LogP contribution in [-0.4, -0.2) is 55.8 Å². The second-order valence-corrected chi connectivity index (χ2v) is 8.97. The zero-order chi connectivity index (χ0) is 17.9. The summed E-state index contributed by atoms with van der Waals surface area (Å²) in [5.74, 6) is -0.178. The summed E-state index contributed by atoms with van der Waals surface area (Å²) in [7, 11) is -3.41. The average molecular weight is 402 g/mol. The van der Waals surface area contributed by atoms with Gasteiger partial charge in [-0.15, -0.1) is 12.4 Å². The Morgan fingerprint density at radius 3 is 2.50 bits per heavy atom. The third-order valence-corrected chi connectivity index (χ3v) is 7.07. The highest BCUT2D eigenvalue weighted by atomic mass is 35.5. The molecule has 2 heterocycles. The summed E-state index contributed by atoms with van der Waals surface area (Å²) < 4.78 is 27.0. The number of rotatable bonds is 5. The van der Waals surface area contributed by atoms with Crippen molar-refractivity contribution in [3.63, 3.8) is 0 Å². The second-order valence-electron chi connectivity index (χ2n) is 7.00. The maximum atomic E-state index is 12.8. The molecule has 3 rings (SSSR count). The molecule has 1 aromatic rings. The lowest BCUT2D eigenvalue weighted by Gasteiger charge is -2.34. The lowest BCUT2D eigenvalue weighted by atomic mass is 9.97. The minimum Gasteiger partial charge on any atom is -0.338 e. The van der Waals surface area contributed by atoms with E-state index in [1.165, 1.54) is 4.31 Å². The first-order valence-electron chi connectivity index (χ1n) is 9.03. The van der Waals surface area contributed by atoms with Crippen molar-refractivity contribution in [2.75, 3.05) is 26.2 Å². The van der Waals surface area contributed by atoms with E-state index in [1.807, 2.05) is 35.2 Å². The molecule has 0 spiro atoms. The van der Waals surface area contributed by atoms with Gasteiger partial charge >= 0.3 is 0 Å². The summed E-state index contributed by atoms with van der Waals surface area (Å²) in [6, 6.07) is 9.31. The third-order valence-electron chi connectivity index (χ3n) is 5.25. The van der Waals surface area contributed by atoms with Crippen LogP contribution < -0.4 is 5.73 Å². The molecule has 0 radical (unpaired) electrons. The molecule has 0 aliphatic carbocycles. The highest BCUT2D eigenvalue weighted by Gasteiger charge is 2.37. The van der Waals surface area contributed by atoms with E-state index in [-0.39, 0.29) is 36.0 Å². The lowest BCUT2D eigenvalue weighted by molar-refractivity contribution is -0.137. The van der Waals surface area contributed by atoms with Crippen molar-refractivity contribution in [1.82, 2.24) is 9.21 Å². The first-order chi connectivity index (χ1) is 12.0. The number of carbonyl (C=O) groups excluding carboxylic acids is 1. The van der Waals surface area contributed by atoms with Crippen molar-refractivity contribution in [2.24, 2.45) is 11.7 Å². The minimum atomic E-state index is -3.41. The Morgan fingerprint density at radius 1 is 1.12 bits per heavy atom. The van der Waals surface area contributed by atoms with E-state index < -0.39 is 10.0 Å². The van der Waals surface area contributed by atoms with Crippen LogP contribution in [0.5, 0.6) is 0 Å². The van der Waals surface area contributed by atoms with Crippen LogP contribution in [0.4, 0.5) is 0 Å². The van der Waals surface area contributed by atoms with Crippen LogP contribution in [0.1, 0.15) is 31.2 Å². The van der Waals surface area contributed by atoms with Gasteiger partial charge in [0.1, 0.15) is 0 Å². The molecule has 2 unspecified atom stereocenters. The number of nitrogens with two attached hydrogens (primary N) is 1. The number of sulfonamides is 1. The number of hydrogen-bond acceptors (Lipinski definition) is 4. The van der Waals surface area contributed by atoms with E-state index in [9.17, 15) is 13.2 Å². The maximum Gasteiger partial charge on any atom is 0.227 e. The molecule has 2 fully saturated rings. The van der Waals surface area contributed by atoms with Gasteiger partial charge in [-0.25, -0.2) is 12.7 Å². The van der Waals surface area contributed by atoms with Gasteiger partial charge in [0.2, 0.25) is 15.9 Å². The molecule has 6 nitrogen and oxygen atoms in total. The van der Waals surface area contributed by atoms with E-state index in [2.05, 4.69) is 0 Å².